The average Bonchev–Trinajstić information content (AvgIpc) is 2.01. The van der Waals surface area contributed by atoms with E-state index in [1.807, 2.05) is 13.8 Å². The highest BCUT2D eigenvalue weighted by molar-refractivity contribution is 6.39. The quantitative estimate of drug-likeness (QED) is 0.638. The summed E-state index contributed by atoms with van der Waals surface area (Å²) in [6.45, 7) is 3.77. The summed E-state index contributed by atoms with van der Waals surface area (Å²) in [7, 11) is 0. The Hall–Kier alpha value is -0.350. The summed E-state index contributed by atoms with van der Waals surface area (Å²) in [6.07, 6.45) is 5.41. The molecule has 0 amide bonds. The fourth-order valence-corrected chi connectivity index (χ4v) is 2.50. The maximum atomic E-state index is 6.03. The molecule has 0 aliphatic rings. The van der Waals surface area contributed by atoms with E-state index in [0.29, 0.717) is 15.1 Å². The number of hydrogen-bond donors (Lipinski definition) is 0. The van der Waals surface area contributed by atoms with Gasteiger partial charge in [0.05, 0.1) is 5.41 Å². The minimum absolute atomic E-state index is 0.487. The maximum absolute atomic E-state index is 6.03. The predicted molar refractivity (Wildman–Crippen MR) is 63.3 cm³/mol. The van der Waals surface area contributed by atoms with E-state index in [2.05, 4.69) is 5.92 Å². The van der Waals surface area contributed by atoms with Crippen molar-refractivity contribution in [1.82, 2.24) is 0 Å². The zero-order chi connectivity index (χ0) is 10.9. The Labute approximate surface area is 99.2 Å². The second kappa shape index (κ2) is 4.03. The first-order valence-corrected chi connectivity index (χ1v) is 5.14. The third-order valence-electron chi connectivity index (χ3n) is 1.99. The lowest BCUT2D eigenvalue weighted by Crippen LogP contribution is -2.15. The van der Waals surface area contributed by atoms with Gasteiger partial charge in [0.1, 0.15) is 0 Å². The first kappa shape index (κ1) is 11.7. The number of halogens is 3. The molecule has 0 bridgehead atoms. The van der Waals surface area contributed by atoms with Crippen LogP contribution in [0, 0.1) is 12.3 Å². The minimum Gasteiger partial charge on any atom is -0.119 e. The highest BCUT2D eigenvalue weighted by Crippen LogP contribution is 2.37. The lowest BCUT2D eigenvalue weighted by atomic mass is 9.85. The molecule has 1 aromatic carbocycles. The molecule has 0 N–H and O–H groups in total. The van der Waals surface area contributed by atoms with E-state index in [1.165, 1.54) is 0 Å². The Morgan fingerprint density at radius 1 is 1.14 bits per heavy atom. The zero-order valence-corrected chi connectivity index (χ0v) is 10.1. The summed E-state index contributed by atoms with van der Waals surface area (Å²) < 4.78 is 0. The van der Waals surface area contributed by atoms with Crippen LogP contribution in [-0.2, 0) is 5.41 Å². The molecule has 0 saturated carbocycles. The number of benzene rings is 1. The zero-order valence-electron chi connectivity index (χ0n) is 7.87. The standard InChI is InChI=1S/C11H9Cl3/c1-4-11(2,3)10-8(13)5-7(12)6-9(10)14/h1,5-6H,2-3H3. The van der Waals surface area contributed by atoms with Crippen molar-refractivity contribution >= 4 is 34.8 Å². The molecule has 0 aliphatic heterocycles. The lowest BCUT2D eigenvalue weighted by Gasteiger charge is -2.21. The molecule has 0 radical (unpaired) electrons. The molecule has 1 aromatic rings. The SMILES string of the molecule is C#CC(C)(C)c1c(Cl)cc(Cl)cc1Cl. The summed E-state index contributed by atoms with van der Waals surface area (Å²) >= 11 is 17.9. The first-order valence-electron chi connectivity index (χ1n) is 4.01. The van der Waals surface area contributed by atoms with Crippen molar-refractivity contribution < 1.29 is 0 Å². The average molecular weight is 248 g/mol. The van der Waals surface area contributed by atoms with Crippen molar-refractivity contribution in [2.24, 2.45) is 0 Å². The Morgan fingerprint density at radius 3 is 1.93 bits per heavy atom. The van der Waals surface area contributed by atoms with Crippen LogP contribution in [0.15, 0.2) is 12.1 Å². The van der Waals surface area contributed by atoms with E-state index >= 15 is 0 Å². The lowest BCUT2D eigenvalue weighted by molar-refractivity contribution is 0.700. The van der Waals surface area contributed by atoms with Gasteiger partial charge in [-0.15, -0.1) is 6.42 Å². The van der Waals surface area contributed by atoms with Gasteiger partial charge in [0.2, 0.25) is 0 Å². The smallest absolute Gasteiger partial charge is 0.0533 e. The molecule has 14 heavy (non-hydrogen) atoms. The number of hydrogen-bond acceptors (Lipinski definition) is 0. The van der Waals surface area contributed by atoms with Crippen molar-refractivity contribution in [3.63, 3.8) is 0 Å². The summed E-state index contributed by atoms with van der Waals surface area (Å²) in [5.41, 5.74) is 0.256. The van der Waals surface area contributed by atoms with Gasteiger partial charge in [0.25, 0.3) is 0 Å². The van der Waals surface area contributed by atoms with E-state index in [4.69, 9.17) is 41.2 Å². The highest BCUT2D eigenvalue weighted by Gasteiger charge is 2.24. The van der Waals surface area contributed by atoms with Gasteiger partial charge in [-0.3, -0.25) is 0 Å². The molecule has 1 rings (SSSR count). The molecular weight excluding hydrogens is 238 g/mol. The molecule has 3 heteroatoms. The summed E-state index contributed by atoms with van der Waals surface area (Å²) in [6, 6.07) is 3.28. The van der Waals surface area contributed by atoms with Crippen molar-refractivity contribution in [3.8, 4) is 12.3 Å². The first-order chi connectivity index (χ1) is 6.38. The molecule has 0 aromatic heterocycles. The fourth-order valence-electron chi connectivity index (χ4n) is 1.21. The Balaban J connectivity index is 3.44. The molecule has 0 atom stereocenters. The second-order valence-electron chi connectivity index (χ2n) is 3.51. The van der Waals surface area contributed by atoms with Gasteiger partial charge in [0.15, 0.2) is 0 Å². The molecule has 0 aliphatic carbocycles. The molecular formula is C11H9Cl3. The van der Waals surface area contributed by atoms with E-state index in [9.17, 15) is 0 Å². The van der Waals surface area contributed by atoms with Gasteiger partial charge in [0, 0.05) is 20.6 Å². The number of terminal acetylenes is 1. The van der Waals surface area contributed by atoms with E-state index < -0.39 is 5.41 Å². The van der Waals surface area contributed by atoms with Gasteiger partial charge in [-0.05, 0) is 26.0 Å². The Bertz CT molecular complexity index is 376. The molecule has 0 heterocycles. The van der Waals surface area contributed by atoms with Crippen LogP contribution in [0.2, 0.25) is 15.1 Å². The van der Waals surface area contributed by atoms with Gasteiger partial charge in [-0.1, -0.05) is 40.7 Å². The monoisotopic (exact) mass is 246 g/mol. The Morgan fingerprint density at radius 2 is 1.57 bits per heavy atom. The van der Waals surface area contributed by atoms with Crippen LogP contribution >= 0.6 is 34.8 Å². The third-order valence-corrected chi connectivity index (χ3v) is 2.81. The van der Waals surface area contributed by atoms with Crippen molar-refractivity contribution in [2.45, 2.75) is 19.3 Å². The highest BCUT2D eigenvalue weighted by atomic mass is 35.5. The third kappa shape index (κ3) is 2.17. The van der Waals surface area contributed by atoms with Gasteiger partial charge < -0.3 is 0 Å². The van der Waals surface area contributed by atoms with Crippen LogP contribution in [0.1, 0.15) is 19.4 Å². The summed E-state index contributed by atoms with van der Waals surface area (Å²) in [4.78, 5) is 0. The van der Waals surface area contributed by atoms with E-state index in [-0.39, 0.29) is 0 Å². The molecule has 74 valence electrons. The molecule has 0 saturated heterocycles. The fraction of sp³-hybridized carbons (Fsp3) is 0.273. The minimum atomic E-state index is -0.487. The Kier molecular flexibility index (Phi) is 3.37. The van der Waals surface area contributed by atoms with Crippen LogP contribution in [0.3, 0.4) is 0 Å². The molecule has 0 nitrogen and oxygen atoms in total. The van der Waals surface area contributed by atoms with Crippen LogP contribution in [0.25, 0.3) is 0 Å². The summed E-state index contributed by atoms with van der Waals surface area (Å²) in [5, 5.41) is 1.52. The molecule has 0 spiro atoms. The molecule has 0 unspecified atom stereocenters. The van der Waals surface area contributed by atoms with Crippen molar-refractivity contribution in [1.29, 1.82) is 0 Å². The van der Waals surface area contributed by atoms with E-state index in [1.54, 1.807) is 12.1 Å². The largest absolute Gasteiger partial charge is 0.119 e. The van der Waals surface area contributed by atoms with Gasteiger partial charge in [-0.25, -0.2) is 0 Å². The van der Waals surface area contributed by atoms with Crippen LogP contribution < -0.4 is 0 Å². The van der Waals surface area contributed by atoms with Gasteiger partial charge in [-0.2, -0.15) is 0 Å². The molecule has 0 fully saturated rings. The summed E-state index contributed by atoms with van der Waals surface area (Å²) in [5.74, 6) is 2.65. The van der Waals surface area contributed by atoms with Gasteiger partial charge >= 0.3 is 0 Å². The predicted octanol–water partition coefficient (Wildman–Crippen LogP) is 4.56. The second-order valence-corrected chi connectivity index (χ2v) is 4.76. The van der Waals surface area contributed by atoms with Crippen LogP contribution in [0.4, 0.5) is 0 Å². The van der Waals surface area contributed by atoms with E-state index in [0.717, 1.165) is 5.56 Å². The van der Waals surface area contributed by atoms with Crippen molar-refractivity contribution in [2.75, 3.05) is 0 Å². The number of rotatable bonds is 1. The van der Waals surface area contributed by atoms with Crippen molar-refractivity contribution in [3.05, 3.63) is 32.8 Å². The maximum Gasteiger partial charge on any atom is 0.0533 e. The van der Waals surface area contributed by atoms with Crippen LogP contribution in [0.5, 0.6) is 0 Å². The van der Waals surface area contributed by atoms with Crippen LogP contribution in [-0.4, -0.2) is 0 Å². The normalized spacial score (nSPS) is 11.1. The topological polar surface area (TPSA) is 0 Å².